The zero-order valence-corrected chi connectivity index (χ0v) is 17.4. The minimum Gasteiger partial charge on any atom is -0.481 e. The normalized spacial score (nSPS) is 12.4. The fourth-order valence-electron chi connectivity index (χ4n) is 3.91. The maximum atomic E-state index is 12.6. The van der Waals surface area contributed by atoms with Crippen molar-refractivity contribution in [3.8, 4) is 11.3 Å². The summed E-state index contributed by atoms with van der Waals surface area (Å²) in [5.41, 5.74) is 4.13. The Morgan fingerprint density at radius 3 is 2.61 bits per heavy atom. The van der Waals surface area contributed by atoms with Crippen LogP contribution >= 0.6 is 0 Å². The van der Waals surface area contributed by atoms with E-state index in [2.05, 4.69) is 16.0 Å². The number of carboxylic acids is 1. The summed E-state index contributed by atoms with van der Waals surface area (Å²) in [5, 5.41) is 11.0. The van der Waals surface area contributed by atoms with Crippen LogP contribution < -0.4 is 10.5 Å². The molecule has 0 amide bonds. The van der Waals surface area contributed by atoms with E-state index >= 15 is 0 Å². The highest BCUT2D eigenvalue weighted by molar-refractivity contribution is 5.89. The summed E-state index contributed by atoms with van der Waals surface area (Å²) in [4.78, 5) is 31.0. The van der Waals surface area contributed by atoms with Crippen LogP contribution in [0.2, 0.25) is 0 Å². The number of para-hydroxylation sites is 1. The number of H-pyrrole nitrogens is 2. The lowest BCUT2D eigenvalue weighted by molar-refractivity contribution is -0.913. The van der Waals surface area contributed by atoms with Crippen molar-refractivity contribution in [2.24, 2.45) is 0 Å². The van der Waals surface area contributed by atoms with Crippen LogP contribution in [0.5, 0.6) is 0 Å². The van der Waals surface area contributed by atoms with Crippen LogP contribution in [0.3, 0.4) is 0 Å². The van der Waals surface area contributed by atoms with E-state index in [-0.39, 0.29) is 12.0 Å². The lowest BCUT2D eigenvalue weighted by atomic mass is 10.1. The molecule has 4 N–H and O–H groups in total. The summed E-state index contributed by atoms with van der Waals surface area (Å²) < 4.78 is 5.18. The maximum absolute atomic E-state index is 12.6. The number of benzene rings is 2. The molecule has 7 nitrogen and oxygen atoms in total. The van der Waals surface area contributed by atoms with Crippen LogP contribution in [-0.4, -0.2) is 47.8 Å². The van der Waals surface area contributed by atoms with Crippen molar-refractivity contribution in [3.63, 3.8) is 0 Å². The van der Waals surface area contributed by atoms with Crippen LogP contribution in [0.4, 0.5) is 0 Å². The van der Waals surface area contributed by atoms with Gasteiger partial charge < -0.3 is 24.7 Å². The van der Waals surface area contributed by atoms with Crippen LogP contribution in [0.1, 0.15) is 12.0 Å². The van der Waals surface area contributed by atoms with E-state index in [0.717, 1.165) is 44.5 Å². The third-order valence-electron chi connectivity index (χ3n) is 5.54. The number of ether oxygens (including phenoxy) is 1. The lowest BCUT2D eigenvalue weighted by Gasteiger charge is -2.18. The Morgan fingerprint density at radius 1 is 1.00 bits per heavy atom. The average Bonchev–Trinajstić information content (AvgIpc) is 3.18. The largest absolute Gasteiger partial charge is 0.481 e. The van der Waals surface area contributed by atoms with Gasteiger partial charge in [-0.3, -0.25) is 9.59 Å². The van der Waals surface area contributed by atoms with Crippen molar-refractivity contribution in [1.82, 2.24) is 9.97 Å². The number of pyridine rings is 1. The van der Waals surface area contributed by atoms with Crippen molar-refractivity contribution in [3.05, 3.63) is 70.5 Å². The molecule has 0 radical (unpaired) electrons. The standard InChI is InChI=1S/C24H25N3O4/c1-31-11-10-27(9-8-23(28)29)15-16-6-7-21-18(12-16)14-22(25-21)19-13-17-4-2-3-5-20(17)26-24(19)30/h2-7,12-14,25H,8-11,15H2,1H3,(H,26,30)(H,28,29)/p+1. The van der Waals surface area contributed by atoms with Crippen molar-refractivity contribution in [2.45, 2.75) is 13.0 Å². The lowest BCUT2D eigenvalue weighted by Crippen LogP contribution is -3.11. The van der Waals surface area contributed by atoms with E-state index in [9.17, 15) is 9.59 Å². The number of methoxy groups -OCH3 is 1. The molecule has 2 aromatic heterocycles. The number of quaternary nitrogens is 1. The number of hydrogen-bond donors (Lipinski definition) is 4. The molecule has 0 aliphatic carbocycles. The average molecular weight is 420 g/mol. The van der Waals surface area contributed by atoms with Crippen LogP contribution in [0, 0.1) is 0 Å². The van der Waals surface area contributed by atoms with Gasteiger partial charge in [0.1, 0.15) is 13.1 Å². The summed E-state index contributed by atoms with van der Waals surface area (Å²) in [5.74, 6) is -0.791. The number of aromatic amines is 2. The van der Waals surface area contributed by atoms with E-state index in [1.54, 1.807) is 7.11 Å². The highest BCUT2D eigenvalue weighted by Crippen LogP contribution is 2.24. The van der Waals surface area contributed by atoms with Gasteiger partial charge in [0, 0.05) is 29.1 Å². The van der Waals surface area contributed by atoms with Crippen molar-refractivity contribution in [2.75, 3.05) is 26.8 Å². The zero-order chi connectivity index (χ0) is 21.8. The third-order valence-corrected chi connectivity index (χ3v) is 5.54. The predicted molar refractivity (Wildman–Crippen MR) is 120 cm³/mol. The Labute approximate surface area is 179 Å². The second-order valence-corrected chi connectivity index (χ2v) is 7.77. The molecule has 0 aliphatic rings. The van der Waals surface area contributed by atoms with E-state index in [1.165, 1.54) is 0 Å². The second-order valence-electron chi connectivity index (χ2n) is 7.77. The van der Waals surface area contributed by atoms with Gasteiger partial charge in [-0.2, -0.15) is 0 Å². The Morgan fingerprint density at radius 2 is 1.81 bits per heavy atom. The topological polar surface area (TPSA) is 99.6 Å². The van der Waals surface area contributed by atoms with Crippen LogP contribution in [-0.2, 0) is 16.1 Å². The molecule has 0 spiro atoms. The van der Waals surface area contributed by atoms with Crippen molar-refractivity contribution < 1.29 is 19.5 Å². The number of carboxylic acid groups (broad SMARTS) is 1. The minimum atomic E-state index is -0.791. The molecule has 0 saturated carbocycles. The molecule has 0 bridgehead atoms. The van der Waals surface area contributed by atoms with Crippen LogP contribution in [0.25, 0.3) is 33.1 Å². The first-order valence-electron chi connectivity index (χ1n) is 10.3. The van der Waals surface area contributed by atoms with Crippen molar-refractivity contribution >= 4 is 27.8 Å². The second kappa shape index (κ2) is 9.16. The molecule has 0 saturated heterocycles. The number of carbonyl (C=O) groups is 1. The molecule has 1 atom stereocenters. The molecule has 1 unspecified atom stereocenters. The summed E-state index contributed by atoms with van der Waals surface area (Å²) >= 11 is 0. The Balaban J connectivity index is 1.61. The summed E-state index contributed by atoms with van der Waals surface area (Å²) in [7, 11) is 1.65. The van der Waals surface area contributed by atoms with Gasteiger partial charge >= 0.3 is 5.97 Å². The molecule has 0 aliphatic heterocycles. The summed E-state index contributed by atoms with van der Waals surface area (Å²) in [6, 6.07) is 17.8. The smallest absolute Gasteiger partial charge is 0.309 e. The number of rotatable bonds is 9. The molecule has 7 heteroatoms. The molecule has 2 aromatic carbocycles. The quantitative estimate of drug-likeness (QED) is 0.334. The van der Waals surface area contributed by atoms with Crippen LogP contribution in [0.15, 0.2) is 59.4 Å². The molecule has 4 aromatic rings. The van der Waals surface area contributed by atoms with Gasteiger partial charge in [0.2, 0.25) is 0 Å². The molecule has 2 heterocycles. The first-order chi connectivity index (χ1) is 15.0. The van der Waals surface area contributed by atoms with E-state index in [4.69, 9.17) is 9.84 Å². The van der Waals surface area contributed by atoms with E-state index < -0.39 is 5.97 Å². The number of hydrogen-bond acceptors (Lipinski definition) is 3. The van der Waals surface area contributed by atoms with E-state index in [1.807, 2.05) is 48.5 Å². The predicted octanol–water partition coefficient (Wildman–Crippen LogP) is 2.18. The number of fused-ring (bicyclic) bond motifs is 2. The molecular weight excluding hydrogens is 394 g/mol. The molecular formula is C24H26N3O4+. The van der Waals surface area contributed by atoms with Gasteiger partial charge in [-0.15, -0.1) is 0 Å². The van der Waals surface area contributed by atoms with Gasteiger partial charge in [0.25, 0.3) is 5.56 Å². The fourth-order valence-corrected chi connectivity index (χ4v) is 3.91. The molecule has 4 rings (SSSR count). The fraction of sp³-hybridized carbons (Fsp3) is 0.250. The van der Waals surface area contributed by atoms with Gasteiger partial charge in [0.05, 0.1) is 30.8 Å². The first-order valence-corrected chi connectivity index (χ1v) is 10.3. The maximum Gasteiger partial charge on any atom is 0.309 e. The number of aromatic nitrogens is 2. The zero-order valence-electron chi connectivity index (χ0n) is 17.4. The minimum absolute atomic E-state index is 0.125. The molecule has 0 fully saturated rings. The Hall–Kier alpha value is -3.42. The van der Waals surface area contributed by atoms with Crippen molar-refractivity contribution in [1.29, 1.82) is 0 Å². The monoisotopic (exact) mass is 420 g/mol. The van der Waals surface area contributed by atoms with Gasteiger partial charge in [0.15, 0.2) is 0 Å². The van der Waals surface area contributed by atoms with Gasteiger partial charge in [-0.1, -0.05) is 24.3 Å². The molecule has 31 heavy (non-hydrogen) atoms. The number of nitrogens with one attached hydrogen (secondary N) is 3. The highest BCUT2D eigenvalue weighted by atomic mass is 16.5. The Kier molecular flexibility index (Phi) is 6.16. The summed E-state index contributed by atoms with van der Waals surface area (Å²) in [6.07, 6.45) is 0.125. The highest BCUT2D eigenvalue weighted by Gasteiger charge is 2.14. The summed E-state index contributed by atoms with van der Waals surface area (Å²) in [6.45, 7) is 2.58. The van der Waals surface area contributed by atoms with Gasteiger partial charge in [-0.05, 0) is 35.7 Å². The Bertz CT molecular complexity index is 1270. The third kappa shape index (κ3) is 4.84. The van der Waals surface area contributed by atoms with Gasteiger partial charge in [-0.25, -0.2) is 0 Å². The number of aliphatic carboxylic acids is 1. The molecule has 160 valence electrons. The SMILES string of the molecule is COCC[NH+](CCC(=O)O)Cc1ccc2[nH]c(-c3cc4ccccc4[nH]c3=O)cc2c1. The van der Waals surface area contributed by atoms with E-state index in [0.29, 0.717) is 25.3 Å². The first kappa shape index (κ1) is 20.8.